The molecule has 1 spiro atoms. The molecule has 1 aromatic heterocycles. The molecule has 11 nitrogen and oxygen atoms in total. The highest BCUT2D eigenvalue weighted by Crippen LogP contribution is 2.48. The lowest BCUT2D eigenvalue weighted by atomic mass is 9.68. The summed E-state index contributed by atoms with van der Waals surface area (Å²) in [6, 6.07) is 15.3. The number of nitrogens with zero attached hydrogens (tertiary/aromatic N) is 3. The van der Waals surface area contributed by atoms with E-state index in [2.05, 4.69) is 22.0 Å². The van der Waals surface area contributed by atoms with Crippen molar-refractivity contribution in [3.05, 3.63) is 94.7 Å². The number of hydrogen-bond donors (Lipinski definition) is 2. The van der Waals surface area contributed by atoms with E-state index in [0.717, 1.165) is 32.1 Å². The fraction of sp³-hybridized carbons (Fsp3) is 0.462. The van der Waals surface area contributed by atoms with Crippen LogP contribution in [0.2, 0.25) is 5.02 Å². The summed E-state index contributed by atoms with van der Waals surface area (Å²) in [6.45, 7) is 2.01. The van der Waals surface area contributed by atoms with E-state index < -0.39 is 33.9 Å². The van der Waals surface area contributed by atoms with Crippen LogP contribution in [-0.2, 0) is 41.8 Å². The summed E-state index contributed by atoms with van der Waals surface area (Å²) in [7, 11) is -1.15. The number of aliphatic hydroxyl groups is 1. The number of anilines is 1. The molecule has 3 heterocycles. The van der Waals surface area contributed by atoms with Crippen LogP contribution in [0.4, 0.5) is 5.69 Å². The number of aryl methyl sites for hydroxylation is 1. The fourth-order valence-electron chi connectivity index (χ4n) is 8.36. The van der Waals surface area contributed by atoms with Gasteiger partial charge in [-0.1, -0.05) is 42.0 Å². The van der Waals surface area contributed by atoms with E-state index in [1.807, 2.05) is 22.9 Å². The quantitative estimate of drug-likeness (QED) is 0.362. The van der Waals surface area contributed by atoms with Crippen molar-refractivity contribution in [1.82, 2.24) is 14.6 Å². The number of nitrogens with one attached hydrogen (secondary N) is 1. The molecular formula is C39H45ClN4O7S. The Hall–Kier alpha value is -3.97. The highest BCUT2D eigenvalue weighted by molar-refractivity contribution is 7.90. The first-order chi connectivity index (χ1) is 24.9. The molecule has 13 heteroatoms. The van der Waals surface area contributed by atoms with Crippen molar-refractivity contribution < 1.29 is 32.6 Å². The summed E-state index contributed by atoms with van der Waals surface area (Å²) < 4.78 is 41.2. The van der Waals surface area contributed by atoms with Gasteiger partial charge in [-0.25, -0.2) is 9.71 Å². The van der Waals surface area contributed by atoms with Gasteiger partial charge in [-0.15, -0.1) is 0 Å². The number of carbonyl (C=O) groups excluding carboxylic acids is 2. The average Bonchev–Trinajstić information content (AvgIpc) is 3.27. The molecule has 2 aliphatic heterocycles. The number of hydrogen-bond acceptors (Lipinski definition) is 9. The van der Waals surface area contributed by atoms with E-state index in [-0.39, 0.29) is 33.9 Å². The van der Waals surface area contributed by atoms with Crippen LogP contribution >= 0.6 is 11.6 Å². The fourth-order valence-corrected chi connectivity index (χ4v) is 9.53. The lowest BCUT2D eigenvalue weighted by Gasteiger charge is -2.46. The zero-order valence-electron chi connectivity index (χ0n) is 29.5. The maximum Gasteiger partial charge on any atom is 0.281 e. The Morgan fingerprint density at radius 2 is 2.00 bits per heavy atom. The Morgan fingerprint density at radius 1 is 1.15 bits per heavy atom. The summed E-state index contributed by atoms with van der Waals surface area (Å²) in [5.74, 6) is -0.641. The number of fused-ring (bicyclic) bond motifs is 4. The van der Waals surface area contributed by atoms with Gasteiger partial charge in [-0.05, 0) is 103 Å². The van der Waals surface area contributed by atoms with Gasteiger partial charge in [0.15, 0.2) is 10.6 Å². The number of carbonyl (C=O) groups is 2. The second kappa shape index (κ2) is 14.5. The molecule has 2 N–H and O–H groups in total. The van der Waals surface area contributed by atoms with Gasteiger partial charge < -0.3 is 24.4 Å². The van der Waals surface area contributed by atoms with Crippen molar-refractivity contribution in [1.29, 1.82) is 0 Å². The minimum atomic E-state index is -4.48. The summed E-state index contributed by atoms with van der Waals surface area (Å²) in [5, 5.41) is 12.7. The zero-order chi connectivity index (χ0) is 36.7. The summed E-state index contributed by atoms with van der Waals surface area (Å²) in [5.41, 5.74) is 0.235. The molecule has 2 bridgehead atoms. The van der Waals surface area contributed by atoms with Crippen LogP contribution in [0.3, 0.4) is 0 Å². The molecule has 276 valence electrons. The number of rotatable bonds is 4. The van der Waals surface area contributed by atoms with Crippen LogP contribution in [0.25, 0.3) is 0 Å². The molecule has 1 fully saturated rings. The Balaban J connectivity index is 1.34. The van der Waals surface area contributed by atoms with Crippen molar-refractivity contribution in [2.45, 2.75) is 67.1 Å². The maximum atomic E-state index is 14.1. The van der Waals surface area contributed by atoms with Gasteiger partial charge in [-0.3, -0.25) is 9.59 Å². The second-order valence-corrected chi connectivity index (χ2v) is 16.7. The predicted molar refractivity (Wildman–Crippen MR) is 197 cm³/mol. The van der Waals surface area contributed by atoms with E-state index in [1.165, 1.54) is 34.4 Å². The summed E-state index contributed by atoms with van der Waals surface area (Å²) >= 11 is 6.45. The average molecular weight is 749 g/mol. The van der Waals surface area contributed by atoms with Crippen molar-refractivity contribution in [3.63, 3.8) is 0 Å². The van der Waals surface area contributed by atoms with E-state index in [0.29, 0.717) is 49.1 Å². The first-order valence-electron chi connectivity index (χ1n) is 17.9. The molecular weight excluding hydrogens is 704 g/mol. The van der Waals surface area contributed by atoms with Crippen LogP contribution < -0.4 is 14.4 Å². The largest absolute Gasteiger partial charge is 0.490 e. The highest BCUT2D eigenvalue weighted by atomic mass is 35.5. The molecule has 1 saturated carbocycles. The van der Waals surface area contributed by atoms with Crippen molar-refractivity contribution >= 4 is 39.1 Å². The number of amides is 2. The van der Waals surface area contributed by atoms with Crippen LogP contribution in [0.5, 0.6) is 5.75 Å². The summed E-state index contributed by atoms with van der Waals surface area (Å²) in [6.07, 6.45) is 9.96. The number of pyridine rings is 1. The third-order valence-electron chi connectivity index (χ3n) is 11.4. The minimum Gasteiger partial charge on any atom is -0.490 e. The van der Waals surface area contributed by atoms with Crippen LogP contribution in [0.15, 0.2) is 78.0 Å². The standard InChI is InChI=1S/C39H45ClN4O7S/c1-43-19-6-4-9-33(50-2)30-14-11-27(30)23-44-24-38(17-7-8-26-20-29(40)13-15-31(26)38)25-51-34-16-12-28(21-32(34)44)39(47,22-36(43)45)37(46)42-52(48,49)35-10-3-5-18-41-35/h3-5,9-10,12-13,15-16,18,20-21,27,30,33,47H,6-8,11,14,17,19,22-25H2,1-2H3,(H,42,46)/b9-4-/t27-,30+,33-,38-,39+/m0/s1. The lowest BCUT2D eigenvalue weighted by molar-refractivity contribution is -0.148. The van der Waals surface area contributed by atoms with Gasteiger partial charge in [0.25, 0.3) is 15.9 Å². The SMILES string of the molecule is CO[C@H]1/C=C\CCN(C)C(=O)C[C@](O)(C(=O)NS(=O)(=O)c2ccccn2)c2ccc3c(c2)N(C[C@@H]2CC[C@H]21)C[C@@]1(CCCc2cc(Cl)ccc21)CO3. The molecule has 7 rings (SSSR count). The van der Waals surface area contributed by atoms with Crippen molar-refractivity contribution in [3.8, 4) is 5.75 Å². The van der Waals surface area contributed by atoms with Gasteiger partial charge in [0.05, 0.1) is 24.8 Å². The predicted octanol–water partition coefficient (Wildman–Crippen LogP) is 4.75. The first kappa shape index (κ1) is 36.4. The minimum absolute atomic E-state index is 0.0778. The van der Waals surface area contributed by atoms with Gasteiger partial charge in [0.1, 0.15) is 5.75 Å². The number of aromatic nitrogens is 1. The zero-order valence-corrected chi connectivity index (χ0v) is 31.0. The monoisotopic (exact) mass is 748 g/mol. The van der Waals surface area contributed by atoms with Crippen LogP contribution in [0, 0.1) is 11.8 Å². The van der Waals surface area contributed by atoms with Crippen LogP contribution in [-0.4, -0.2) is 81.7 Å². The molecule has 2 aliphatic carbocycles. The van der Waals surface area contributed by atoms with Gasteiger partial charge in [0, 0.05) is 50.4 Å². The normalized spacial score (nSPS) is 28.5. The molecule has 2 aromatic carbocycles. The molecule has 0 saturated heterocycles. The van der Waals surface area contributed by atoms with Crippen molar-refractivity contribution in [2.75, 3.05) is 45.3 Å². The van der Waals surface area contributed by atoms with Gasteiger partial charge in [-0.2, -0.15) is 8.42 Å². The number of sulfonamides is 1. The highest BCUT2D eigenvalue weighted by Gasteiger charge is 2.47. The third kappa shape index (κ3) is 6.93. The van der Waals surface area contributed by atoms with Crippen molar-refractivity contribution in [2.24, 2.45) is 11.8 Å². The number of methoxy groups -OCH3 is 1. The number of benzene rings is 2. The van der Waals surface area contributed by atoms with E-state index in [9.17, 15) is 23.1 Å². The molecule has 3 aromatic rings. The second-order valence-electron chi connectivity index (χ2n) is 14.7. The molecule has 5 atom stereocenters. The summed E-state index contributed by atoms with van der Waals surface area (Å²) in [4.78, 5) is 35.4. The maximum absolute atomic E-state index is 14.1. The number of halogens is 1. The molecule has 52 heavy (non-hydrogen) atoms. The Morgan fingerprint density at radius 3 is 2.75 bits per heavy atom. The molecule has 0 unspecified atom stereocenters. The lowest BCUT2D eigenvalue weighted by Crippen LogP contribution is -2.50. The van der Waals surface area contributed by atoms with Gasteiger partial charge >= 0.3 is 0 Å². The van der Waals surface area contributed by atoms with E-state index in [4.69, 9.17) is 21.1 Å². The number of ether oxygens (including phenoxy) is 2. The Bertz CT molecular complexity index is 1980. The molecule has 2 amide bonds. The smallest absolute Gasteiger partial charge is 0.281 e. The Kier molecular flexibility index (Phi) is 10.1. The van der Waals surface area contributed by atoms with E-state index in [1.54, 1.807) is 38.4 Å². The molecule has 4 aliphatic rings. The molecule has 0 radical (unpaired) electrons. The van der Waals surface area contributed by atoms with Gasteiger partial charge in [0.2, 0.25) is 5.91 Å². The Labute approximate surface area is 310 Å². The third-order valence-corrected chi connectivity index (χ3v) is 12.9. The van der Waals surface area contributed by atoms with Crippen LogP contribution in [0.1, 0.15) is 55.2 Å². The topological polar surface area (TPSA) is 138 Å². The first-order valence-corrected chi connectivity index (χ1v) is 19.7. The van der Waals surface area contributed by atoms with E-state index >= 15 is 0 Å².